The Morgan fingerprint density at radius 3 is 2.34 bits per heavy atom. The Hall–Kier alpha value is -2.67. The van der Waals surface area contributed by atoms with E-state index in [0.717, 1.165) is 10.4 Å². The van der Waals surface area contributed by atoms with Crippen LogP contribution in [0.2, 0.25) is 0 Å². The van der Waals surface area contributed by atoms with Crippen molar-refractivity contribution in [1.82, 2.24) is 15.5 Å². The first-order chi connectivity index (χ1) is 15.3. The minimum atomic E-state index is -0.636. The van der Waals surface area contributed by atoms with Crippen molar-refractivity contribution in [3.05, 3.63) is 57.8 Å². The maximum Gasteiger partial charge on any atom is 0.263 e. The summed E-state index contributed by atoms with van der Waals surface area (Å²) in [6.45, 7) is 9.17. The van der Waals surface area contributed by atoms with E-state index in [-0.39, 0.29) is 35.6 Å². The van der Waals surface area contributed by atoms with Gasteiger partial charge < -0.3 is 15.5 Å². The van der Waals surface area contributed by atoms with Crippen LogP contribution in [0, 0.1) is 18.8 Å². The molecule has 7 heteroatoms. The molecule has 2 aromatic rings. The first kappa shape index (κ1) is 24.0. The molecule has 0 aliphatic carbocycles. The first-order valence-corrected chi connectivity index (χ1v) is 12.1. The maximum absolute atomic E-state index is 13.2. The summed E-state index contributed by atoms with van der Waals surface area (Å²) in [5.74, 6) is -0.108. The van der Waals surface area contributed by atoms with Crippen LogP contribution in [0.1, 0.15) is 59.2 Å². The van der Waals surface area contributed by atoms with E-state index >= 15 is 0 Å². The fraction of sp³-hybridized carbons (Fsp3) is 0.480. The molecule has 2 heterocycles. The van der Waals surface area contributed by atoms with Gasteiger partial charge in [0.15, 0.2) is 0 Å². The van der Waals surface area contributed by atoms with Gasteiger partial charge in [0.25, 0.3) is 11.8 Å². The Kier molecular flexibility index (Phi) is 8.07. The molecule has 0 unspecified atom stereocenters. The number of nitrogens with zero attached hydrogens (tertiary/aromatic N) is 1. The average molecular weight is 456 g/mol. The fourth-order valence-electron chi connectivity index (χ4n) is 3.88. The highest BCUT2D eigenvalue weighted by molar-refractivity contribution is 7.12. The summed E-state index contributed by atoms with van der Waals surface area (Å²) < 4.78 is 0. The van der Waals surface area contributed by atoms with E-state index in [9.17, 15) is 14.4 Å². The van der Waals surface area contributed by atoms with Crippen molar-refractivity contribution in [2.75, 3.05) is 13.1 Å². The van der Waals surface area contributed by atoms with Crippen LogP contribution in [0.3, 0.4) is 0 Å². The lowest BCUT2D eigenvalue weighted by Crippen LogP contribution is -2.55. The zero-order chi connectivity index (χ0) is 23.3. The van der Waals surface area contributed by atoms with Gasteiger partial charge in [-0.3, -0.25) is 14.4 Å². The highest BCUT2D eigenvalue weighted by Gasteiger charge is 2.35. The molecule has 32 heavy (non-hydrogen) atoms. The molecule has 3 amide bonds. The van der Waals surface area contributed by atoms with Gasteiger partial charge >= 0.3 is 0 Å². The number of rotatable bonds is 7. The van der Waals surface area contributed by atoms with E-state index < -0.39 is 6.04 Å². The molecule has 1 aliphatic rings. The summed E-state index contributed by atoms with van der Waals surface area (Å²) in [4.78, 5) is 41.4. The van der Waals surface area contributed by atoms with Crippen LogP contribution in [-0.2, 0) is 4.79 Å². The summed E-state index contributed by atoms with van der Waals surface area (Å²) >= 11 is 1.44. The second-order valence-electron chi connectivity index (χ2n) is 8.97. The third-order valence-electron chi connectivity index (χ3n) is 6.25. The molecule has 0 bridgehead atoms. The van der Waals surface area contributed by atoms with Gasteiger partial charge in [0, 0.05) is 24.7 Å². The van der Waals surface area contributed by atoms with Gasteiger partial charge in [-0.1, -0.05) is 37.6 Å². The van der Waals surface area contributed by atoms with Crippen LogP contribution in [-0.4, -0.2) is 47.8 Å². The number of carbonyl (C=O) groups is 3. The second kappa shape index (κ2) is 10.8. The molecule has 0 radical (unpaired) electrons. The van der Waals surface area contributed by atoms with Crippen LogP contribution in [0.5, 0.6) is 0 Å². The van der Waals surface area contributed by atoms with Gasteiger partial charge in [0.1, 0.15) is 6.04 Å². The maximum atomic E-state index is 13.2. The van der Waals surface area contributed by atoms with E-state index in [1.165, 1.54) is 11.3 Å². The smallest absolute Gasteiger partial charge is 0.263 e. The second-order valence-corrected chi connectivity index (χ2v) is 9.92. The van der Waals surface area contributed by atoms with Crippen molar-refractivity contribution in [3.63, 3.8) is 0 Å². The molecule has 0 spiro atoms. The van der Waals surface area contributed by atoms with Crippen molar-refractivity contribution in [1.29, 1.82) is 0 Å². The van der Waals surface area contributed by atoms with E-state index in [0.29, 0.717) is 31.5 Å². The number of nitrogens with one attached hydrogen (secondary N) is 2. The minimum Gasteiger partial charge on any atom is -0.352 e. The molecule has 1 aliphatic heterocycles. The van der Waals surface area contributed by atoms with Crippen molar-refractivity contribution in [3.8, 4) is 0 Å². The standard InChI is InChI=1S/C25H33N3O3S/c1-16(2)18(4)26-24(30)22(27-23(29)20-8-5-7-17(3)15-20)19-10-12-28(13-11-19)25(31)21-9-6-14-32-21/h5-9,14-16,18-19,22H,10-13H2,1-4H3,(H,26,30)(H,27,29)/t18-,22-/m0/s1. The monoisotopic (exact) mass is 455 g/mol. The summed E-state index contributed by atoms with van der Waals surface area (Å²) in [5.41, 5.74) is 1.54. The minimum absolute atomic E-state index is 0.00127. The molecule has 1 aromatic heterocycles. The van der Waals surface area contributed by atoms with Gasteiger partial charge in [-0.05, 0) is 62.1 Å². The summed E-state index contributed by atoms with van der Waals surface area (Å²) in [5, 5.41) is 7.96. The zero-order valence-electron chi connectivity index (χ0n) is 19.3. The molecular weight excluding hydrogens is 422 g/mol. The van der Waals surface area contributed by atoms with E-state index in [4.69, 9.17) is 0 Å². The Morgan fingerprint density at radius 1 is 1.03 bits per heavy atom. The quantitative estimate of drug-likeness (QED) is 0.665. The number of amides is 3. The summed E-state index contributed by atoms with van der Waals surface area (Å²) in [6.07, 6.45) is 1.33. The lowest BCUT2D eigenvalue weighted by atomic mass is 9.88. The highest BCUT2D eigenvalue weighted by atomic mass is 32.1. The SMILES string of the molecule is Cc1cccc(C(=O)N[C@H](C(=O)N[C@@H](C)C(C)C)C2CCN(C(=O)c3cccs3)CC2)c1. The molecular formula is C25H33N3O3S. The first-order valence-electron chi connectivity index (χ1n) is 11.3. The van der Waals surface area contributed by atoms with Crippen molar-refractivity contribution in [2.45, 2.75) is 52.6 Å². The van der Waals surface area contributed by atoms with Crippen LogP contribution in [0.4, 0.5) is 0 Å². The Balaban J connectivity index is 1.71. The third kappa shape index (κ3) is 5.97. The molecule has 1 fully saturated rings. The number of carbonyl (C=O) groups excluding carboxylic acids is 3. The van der Waals surface area contributed by atoms with Crippen molar-refractivity contribution in [2.24, 2.45) is 11.8 Å². The lowest BCUT2D eigenvalue weighted by molar-refractivity contribution is -0.125. The Bertz CT molecular complexity index is 934. The summed E-state index contributed by atoms with van der Waals surface area (Å²) in [6, 6.07) is 10.4. The van der Waals surface area contributed by atoms with Gasteiger partial charge in [0.2, 0.25) is 5.91 Å². The number of hydrogen-bond donors (Lipinski definition) is 2. The molecule has 2 atom stereocenters. The van der Waals surface area contributed by atoms with E-state index in [2.05, 4.69) is 24.5 Å². The average Bonchev–Trinajstić information content (AvgIpc) is 3.31. The topological polar surface area (TPSA) is 78.5 Å². The molecule has 0 saturated carbocycles. The fourth-order valence-corrected chi connectivity index (χ4v) is 4.57. The predicted octanol–water partition coefficient (Wildman–Crippen LogP) is 3.87. The number of thiophene rings is 1. The van der Waals surface area contributed by atoms with Crippen LogP contribution >= 0.6 is 11.3 Å². The lowest BCUT2D eigenvalue weighted by Gasteiger charge is -2.36. The number of likely N-dealkylation sites (tertiary alicyclic amines) is 1. The van der Waals surface area contributed by atoms with Crippen LogP contribution in [0.15, 0.2) is 41.8 Å². The largest absolute Gasteiger partial charge is 0.352 e. The molecule has 2 N–H and O–H groups in total. The van der Waals surface area contributed by atoms with Crippen LogP contribution in [0.25, 0.3) is 0 Å². The normalized spacial score (nSPS) is 16.5. The number of benzene rings is 1. The van der Waals surface area contributed by atoms with Crippen molar-refractivity contribution >= 4 is 29.1 Å². The number of aryl methyl sites for hydroxylation is 1. The van der Waals surface area contributed by atoms with Crippen LogP contribution < -0.4 is 10.6 Å². The van der Waals surface area contributed by atoms with E-state index in [1.807, 2.05) is 54.5 Å². The van der Waals surface area contributed by atoms with Gasteiger partial charge in [-0.25, -0.2) is 0 Å². The Labute approximate surface area is 194 Å². The molecule has 3 rings (SSSR count). The molecule has 172 valence electrons. The zero-order valence-corrected chi connectivity index (χ0v) is 20.1. The van der Waals surface area contributed by atoms with Gasteiger partial charge in [-0.15, -0.1) is 11.3 Å². The number of piperidine rings is 1. The Morgan fingerprint density at radius 2 is 1.75 bits per heavy atom. The van der Waals surface area contributed by atoms with E-state index in [1.54, 1.807) is 6.07 Å². The van der Waals surface area contributed by atoms with Gasteiger partial charge in [0.05, 0.1) is 4.88 Å². The highest BCUT2D eigenvalue weighted by Crippen LogP contribution is 2.24. The molecule has 1 saturated heterocycles. The molecule has 1 aromatic carbocycles. The van der Waals surface area contributed by atoms with Gasteiger partial charge in [-0.2, -0.15) is 0 Å². The number of hydrogen-bond acceptors (Lipinski definition) is 4. The summed E-state index contributed by atoms with van der Waals surface area (Å²) in [7, 11) is 0. The predicted molar refractivity (Wildman–Crippen MR) is 128 cm³/mol. The third-order valence-corrected chi connectivity index (χ3v) is 7.11. The van der Waals surface area contributed by atoms with Crippen molar-refractivity contribution < 1.29 is 14.4 Å². The molecule has 6 nitrogen and oxygen atoms in total.